The molecule has 0 atom stereocenters. The summed E-state index contributed by atoms with van der Waals surface area (Å²) in [6, 6.07) is 6.15. The van der Waals surface area contributed by atoms with Gasteiger partial charge >= 0.3 is 0 Å². The molecule has 0 spiro atoms. The fourth-order valence-corrected chi connectivity index (χ4v) is 3.47. The summed E-state index contributed by atoms with van der Waals surface area (Å²) in [5, 5.41) is 2.93. The number of nitrogens with one attached hydrogen (secondary N) is 1. The van der Waals surface area contributed by atoms with Crippen molar-refractivity contribution in [2.45, 2.75) is 52.4 Å². The number of amides is 1. The minimum Gasteiger partial charge on any atom is -0.309 e. The number of aromatic nitrogens is 2. The van der Waals surface area contributed by atoms with E-state index in [0.717, 1.165) is 24.0 Å². The number of hydrogen-bond acceptors (Lipinski definition) is 3. The first-order valence-electron chi connectivity index (χ1n) is 9.59. The predicted octanol–water partition coefficient (Wildman–Crippen LogP) is 5.61. The minimum absolute atomic E-state index is 0.00543. The Morgan fingerprint density at radius 2 is 1.89 bits per heavy atom. The summed E-state index contributed by atoms with van der Waals surface area (Å²) in [6.07, 6.45) is 10.0. The van der Waals surface area contributed by atoms with E-state index in [9.17, 15) is 9.18 Å². The van der Waals surface area contributed by atoms with Crippen LogP contribution in [0.4, 0.5) is 10.2 Å². The van der Waals surface area contributed by atoms with Crippen molar-refractivity contribution in [3.63, 3.8) is 0 Å². The van der Waals surface area contributed by atoms with E-state index in [2.05, 4.69) is 15.3 Å². The molecule has 1 amide bonds. The van der Waals surface area contributed by atoms with Crippen LogP contribution in [0, 0.1) is 11.7 Å². The summed E-state index contributed by atoms with van der Waals surface area (Å²) in [6.45, 7) is 3.94. The Hall–Kier alpha value is -2.56. The minimum atomic E-state index is -0.289. The first kappa shape index (κ1) is 19.2. The second kappa shape index (κ2) is 8.89. The Balaban J connectivity index is 1.80. The van der Waals surface area contributed by atoms with Crippen molar-refractivity contribution >= 4 is 17.8 Å². The van der Waals surface area contributed by atoms with Gasteiger partial charge in [0.25, 0.3) is 0 Å². The highest BCUT2D eigenvalue weighted by atomic mass is 19.1. The summed E-state index contributed by atoms with van der Waals surface area (Å²) >= 11 is 0. The molecule has 1 aromatic carbocycles. The Labute approximate surface area is 159 Å². The van der Waals surface area contributed by atoms with Gasteiger partial charge in [-0.05, 0) is 62.9 Å². The Morgan fingerprint density at radius 3 is 2.56 bits per heavy atom. The molecule has 1 aliphatic carbocycles. The lowest BCUT2D eigenvalue weighted by Crippen LogP contribution is -2.19. The van der Waals surface area contributed by atoms with Gasteiger partial charge in [0.1, 0.15) is 11.5 Å². The zero-order valence-corrected chi connectivity index (χ0v) is 16.0. The van der Waals surface area contributed by atoms with Crippen molar-refractivity contribution < 1.29 is 9.18 Å². The molecule has 0 saturated heterocycles. The smallest absolute Gasteiger partial charge is 0.225 e. The first-order valence-corrected chi connectivity index (χ1v) is 9.59. The van der Waals surface area contributed by atoms with Gasteiger partial charge in [-0.15, -0.1) is 0 Å². The number of halogens is 1. The fourth-order valence-electron chi connectivity index (χ4n) is 3.47. The number of anilines is 1. The van der Waals surface area contributed by atoms with Crippen molar-refractivity contribution in [1.29, 1.82) is 0 Å². The summed E-state index contributed by atoms with van der Waals surface area (Å²) in [4.78, 5) is 21.5. The van der Waals surface area contributed by atoms with Crippen LogP contribution < -0.4 is 5.32 Å². The maximum absolute atomic E-state index is 13.2. The lowest BCUT2D eigenvalue weighted by Gasteiger charge is -2.20. The summed E-state index contributed by atoms with van der Waals surface area (Å²) < 4.78 is 13.2. The van der Waals surface area contributed by atoms with Gasteiger partial charge in [-0.2, -0.15) is 0 Å². The molecule has 1 fully saturated rings. The molecular weight excluding hydrogens is 341 g/mol. The largest absolute Gasteiger partial charge is 0.309 e. The SMILES string of the molecule is CC(C)=Cc1nc(-c2ccc(F)cc2)cnc1NC(=O)CC1CCCCC1. The van der Waals surface area contributed by atoms with E-state index >= 15 is 0 Å². The molecule has 1 heterocycles. The number of rotatable bonds is 5. The number of carbonyl (C=O) groups is 1. The van der Waals surface area contributed by atoms with E-state index in [1.807, 2.05) is 19.9 Å². The van der Waals surface area contributed by atoms with E-state index < -0.39 is 0 Å². The van der Waals surface area contributed by atoms with Crippen LogP contribution in [-0.4, -0.2) is 15.9 Å². The summed E-state index contributed by atoms with van der Waals surface area (Å²) in [5.74, 6) is 0.650. The Morgan fingerprint density at radius 1 is 1.19 bits per heavy atom. The molecule has 2 aromatic rings. The van der Waals surface area contributed by atoms with Gasteiger partial charge in [0, 0.05) is 12.0 Å². The van der Waals surface area contributed by atoms with Gasteiger partial charge in [-0.1, -0.05) is 24.8 Å². The molecule has 142 valence electrons. The summed E-state index contributed by atoms with van der Waals surface area (Å²) in [7, 11) is 0. The highest BCUT2D eigenvalue weighted by Gasteiger charge is 2.18. The second-order valence-corrected chi connectivity index (χ2v) is 7.47. The molecule has 5 heteroatoms. The Bertz CT molecular complexity index is 820. The van der Waals surface area contributed by atoms with Crippen molar-refractivity contribution in [2.75, 3.05) is 5.32 Å². The standard InChI is InChI=1S/C22H26FN3O/c1-15(2)12-19-22(26-21(27)13-16-6-4-3-5-7-16)24-14-20(25-19)17-8-10-18(23)11-9-17/h8-12,14,16H,3-7,13H2,1-2H3,(H,24,26,27). The van der Waals surface area contributed by atoms with E-state index in [1.54, 1.807) is 18.3 Å². The van der Waals surface area contributed by atoms with Crippen LogP contribution in [0.1, 0.15) is 58.1 Å². The van der Waals surface area contributed by atoms with Crippen molar-refractivity contribution in [3.05, 3.63) is 47.5 Å². The average Bonchev–Trinajstić information content (AvgIpc) is 2.64. The van der Waals surface area contributed by atoms with Gasteiger partial charge in [-0.25, -0.2) is 14.4 Å². The van der Waals surface area contributed by atoms with Crippen LogP contribution in [0.5, 0.6) is 0 Å². The third-order valence-corrected chi connectivity index (χ3v) is 4.82. The van der Waals surface area contributed by atoms with Crippen LogP contribution in [0.2, 0.25) is 0 Å². The van der Waals surface area contributed by atoms with Gasteiger partial charge in [0.2, 0.25) is 5.91 Å². The topological polar surface area (TPSA) is 54.9 Å². The van der Waals surface area contributed by atoms with Gasteiger partial charge < -0.3 is 5.32 Å². The van der Waals surface area contributed by atoms with E-state index in [-0.39, 0.29) is 11.7 Å². The van der Waals surface area contributed by atoms with Gasteiger partial charge in [-0.3, -0.25) is 4.79 Å². The number of allylic oxidation sites excluding steroid dienone is 1. The van der Waals surface area contributed by atoms with Crippen LogP contribution in [0.25, 0.3) is 17.3 Å². The van der Waals surface area contributed by atoms with Crippen molar-refractivity contribution in [1.82, 2.24) is 9.97 Å². The van der Waals surface area contributed by atoms with Crippen LogP contribution >= 0.6 is 0 Å². The molecular formula is C22H26FN3O. The third kappa shape index (κ3) is 5.46. The van der Waals surface area contributed by atoms with Gasteiger partial charge in [0.15, 0.2) is 5.82 Å². The highest BCUT2D eigenvalue weighted by molar-refractivity contribution is 5.91. The molecule has 1 N–H and O–H groups in total. The number of carbonyl (C=O) groups excluding carboxylic acids is 1. The average molecular weight is 367 g/mol. The van der Waals surface area contributed by atoms with Crippen LogP contribution in [-0.2, 0) is 4.79 Å². The molecule has 1 saturated carbocycles. The quantitative estimate of drug-likeness (QED) is 0.747. The van der Waals surface area contributed by atoms with Crippen LogP contribution in [0.15, 0.2) is 36.0 Å². The monoisotopic (exact) mass is 367 g/mol. The number of hydrogen-bond donors (Lipinski definition) is 1. The summed E-state index contributed by atoms with van der Waals surface area (Å²) in [5.41, 5.74) is 3.11. The molecule has 3 rings (SSSR count). The Kier molecular flexibility index (Phi) is 6.32. The van der Waals surface area contributed by atoms with Crippen molar-refractivity contribution in [3.8, 4) is 11.3 Å². The lowest BCUT2D eigenvalue weighted by molar-refractivity contribution is -0.117. The molecule has 0 unspecified atom stereocenters. The zero-order chi connectivity index (χ0) is 19.2. The number of nitrogens with zero attached hydrogens (tertiary/aromatic N) is 2. The highest BCUT2D eigenvalue weighted by Crippen LogP contribution is 2.27. The lowest BCUT2D eigenvalue weighted by atomic mass is 9.87. The number of benzene rings is 1. The maximum atomic E-state index is 13.2. The van der Waals surface area contributed by atoms with E-state index in [4.69, 9.17) is 0 Å². The van der Waals surface area contributed by atoms with Gasteiger partial charge in [0.05, 0.1) is 11.9 Å². The first-order chi connectivity index (χ1) is 13.0. The fraction of sp³-hybridized carbons (Fsp3) is 0.409. The predicted molar refractivity (Wildman–Crippen MR) is 107 cm³/mol. The van der Waals surface area contributed by atoms with Crippen LogP contribution in [0.3, 0.4) is 0 Å². The molecule has 4 nitrogen and oxygen atoms in total. The van der Waals surface area contributed by atoms with E-state index in [1.165, 1.54) is 31.4 Å². The molecule has 1 aliphatic rings. The van der Waals surface area contributed by atoms with Crippen molar-refractivity contribution in [2.24, 2.45) is 5.92 Å². The third-order valence-electron chi connectivity index (χ3n) is 4.82. The zero-order valence-electron chi connectivity index (χ0n) is 16.0. The van der Waals surface area contributed by atoms with E-state index in [0.29, 0.717) is 29.5 Å². The normalized spacial score (nSPS) is 14.6. The molecule has 1 aromatic heterocycles. The molecule has 0 radical (unpaired) electrons. The molecule has 0 aliphatic heterocycles. The maximum Gasteiger partial charge on any atom is 0.225 e. The molecule has 27 heavy (non-hydrogen) atoms. The molecule has 0 bridgehead atoms. The second-order valence-electron chi connectivity index (χ2n) is 7.47.